The molecule has 1 heterocycles. The van der Waals surface area contributed by atoms with Crippen LogP contribution in [0.25, 0.3) is 0 Å². The summed E-state index contributed by atoms with van der Waals surface area (Å²) < 4.78 is 1.71. The Morgan fingerprint density at radius 2 is 2.54 bits per heavy atom. The van der Waals surface area contributed by atoms with E-state index in [0.29, 0.717) is 11.7 Å². The molecule has 1 amide bonds. The Morgan fingerprint density at radius 3 is 3.00 bits per heavy atom. The fourth-order valence-corrected chi connectivity index (χ4v) is 1.08. The van der Waals surface area contributed by atoms with Gasteiger partial charge >= 0.3 is 0 Å². The molecule has 0 bridgehead atoms. The van der Waals surface area contributed by atoms with Gasteiger partial charge in [-0.25, -0.2) is 4.98 Å². The second-order valence-electron chi connectivity index (χ2n) is 2.49. The third-order valence-corrected chi connectivity index (χ3v) is 2.25. The van der Waals surface area contributed by atoms with Crippen LogP contribution in [0.5, 0.6) is 0 Å². The highest BCUT2D eigenvalue weighted by Gasteiger charge is 2.04. The number of carbonyl (C=O) groups excluding carboxylic acids is 1. The van der Waals surface area contributed by atoms with Crippen LogP contribution < -0.4 is 5.32 Å². The summed E-state index contributed by atoms with van der Waals surface area (Å²) in [6.07, 6.45) is 1.55. The predicted molar refractivity (Wildman–Crippen MR) is 53.9 cm³/mol. The molecule has 6 heteroatoms. The number of imidazole rings is 1. The molecule has 0 fully saturated rings. The summed E-state index contributed by atoms with van der Waals surface area (Å²) in [6, 6.07) is 0. The number of carbonyl (C=O) groups is 1. The van der Waals surface area contributed by atoms with Crippen LogP contribution in [0.15, 0.2) is 6.20 Å². The van der Waals surface area contributed by atoms with E-state index in [9.17, 15) is 4.79 Å². The van der Waals surface area contributed by atoms with E-state index >= 15 is 0 Å². The molecule has 13 heavy (non-hydrogen) atoms. The maximum absolute atomic E-state index is 10.8. The maximum atomic E-state index is 10.8. The van der Waals surface area contributed by atoms with E-state index in [1.807, 2.05) is 0 Å². The van der Waals surface area contributed by atoms with Gasteiger partial charge in [-0.15, -0.1) is 0 Å². The highest BCUT2D eigenvalue weighted by atomic mass is 35.5. The fourth-order valence-electron chi connectivity index (χ4n) is 0.822. The van der Waals surface area contributed by atoms with Gasteiger partial charge in [0.05, 0.1) is 18.5 Å². The first-order valence-corrected chi connectivity index (χ1v) is 4.70. The highest BCUT2D eigenvalue weighted by molar-refractivity contribution is 7.81. The van der Waals surface area contributed by atoms with E-state index in [-0.39, 0.29) is 11.7 Å². The smallest absolute Gasteiger partial charge is 0.230 e. The Morgan fingerprint density at radius 1 is 1.85 bits per heavy atom. The minimum absolute atomic E-state index is 0.123. The Balaban J connectivity index is 2.55. The number of halogens is 1. The van der Waals surface area contributed by atoms with Crippen LogP contribution >= 0.6 is 24.2 Å². The van der Waals surface area contributed by atoms with E-state index in [4.69, 9.17) is 11.6 Å². The first kappa shape index (κ1) is 10.4. The zero-order chi connectivity index (χ0) is 9.84. The average molecular weight is 220 g/mol. The van der Waals surface area contributed by atoms with Gasteiger partial charge in [-0.2, -0.15) is 12.6 Å². The van der Waals surface area contributed by atoms with Crippen molar-refractivity contribution in [3.05, 3.63) is 17.2 Å². The lowest BCUT2D eigenvalue weighted by molar-refractivity contribution is -0.118. The number of aromatic nitrogens is 2. The summed E-state index contributed by atoms with van der Waals surface area (Å²) >= 11 is 9.58. The minimum Gasteiger partial charge on any atom is -0.348 e. The van der Waals surface area contributed by atoms with Gasteiger partial charge in [0.2, 0.25) is 5.91 Å². The van der Waals surface area contributed by atoms with Crippen molar-refractivity contribution in [2.24, 2.45) is 7.05 Å². The summed E-state index contributed by atoms with van der Waals surface area (Å²) in [5.74, 6) is 0.778. The largest absolute Gasteiger partial charge is 0.348 e. The van der Waals surface area contributed by atoms with Gasteiger partial charge < -0.3 is 9.88 Å². The van der Waals surface area contributed by atoms with Crippen molar-refractivity contribution < 1.29 is 4.79 Å². The SMILES string of the molecule is Cn1c(Cl)cnc1CNC(=O)CS. The number of nitrogens with one attached hydrogen (secondary N) is 1. The summed E-state index contributed by atoms with van der Waals surface area (Å²) in [4.78, 5) is 14.9. The zero-order valence-electron chi connectivity index (χ0n) is 7.12. The Kier molecular flexibility index (Phi) is 3.62. The van der Waals surface area contributed by atoms with Crippen LogP contribution in [0.4, 0.5) is 0 Å². The molecular formula is C7H10ClN3OS. The van der Waals surface area contributed by atoms with Crippen LogP contribution in [0.2, 0.25) is 5.15 Å². The molecule has 1 rings (SSSR count). The van der Waals surface area contributed by atoms with E-state index < -0.39 is 0 Å². The van der Waals surface area contributed by atoms with Crippen molar-refractivity contribution in [1.29, 1.82) is 0 Å². The molecule has 72 valence electrons. The highest BCUT2D eigenvalue weighted by Crippen LogP contribution is 2.08. The molecule has 0 atom stereocenters. The fraction of sp³-hybridized carbons (Fsp3) is 0.429. The van der Waals surface area contributed by atoms with Crippen molar-refractivity contribution in [1.82, 2.24) is 14.9 Å². The van der Waals surface area contributed by atoms with Crippen LogP contribution in [0.1, 0.15) is 5.82 Å². The summed E-state index contributed by atoms with van der Waals surface area (Å²) in [5, 5.41) is 3.20. The van der Waals surface area contributed by atoms with Gasteiger partial charge in [0.25, 0.3) is 0 Å². The van der Waals surface area contributed by atoms with E-state index in [1.54, 1.807) is 17.8 Å². The Bertz CT molecular complexity index is 313. The van der Waals surface area contributed by atoms with Crippen molar-refractivity contribution >= 4 is 30.1 Å². The second kappa shape index (κ2) is 4.53. The number of rotatable bonds is 3. The molecule has 0 aliphatic rings. The standard InChI is InChI=1S/C7H10ClN3OS/c1-11-5(8)2-9-6(11)3-10-7(12)4-13/h2,13H,3-4H2,1H3,(H,10,12). The average Bonchev–Trinajstić information content (AvgIpc) is 2.44. The molecule has 1 N–H and O–H groups in total. The van der Waals surface area contributed by atoms with E-state index in [0.717, 1.165) is 5.82 Å². The van der Waals surface area contributed by atoms with Gasteiger partial charge in [0, 0.05) is 7.05 Å². The van der Waals surface area contributed by atoms with Crippen LogP contribution in [-0.4, -0.2) is 21.2 Å². The van der Waals surface area contributed by atoms with Crippen molar-refractivity contribution in [3.8, 4) is 0 Å². The molecule has 0 spiro atoms. The summed E-state index contributed by atoms with van der Waals surface area (Å²) in [5.41, 5.74) is 0. The monoisotopic (exact) mass is 219 g/mol. The predicted octanol–water partition coefficient (Wildman–Crippen LogP) is 0.619. The molecule has 0 saturated carbocycles. The lowest BCUT2D eigenvalue weighted by Gasteiger charge is -2.03. The van der Waals surface area contributed by atoms with E-state index in [2.05, 4.69) is 22.9 Å². The molecular weight excluding hydrogens is 210 g/mol. The molecule has 0 saturated heterocycles. The number of amides is 1. The molecule has 0 aromatic carbocycles. The summed E-state index contributed by atoms with van der Waals surface area (Å²) in [7, 11) is 1.79. The number of nitrogens with zero attached hydrogens (tertiary/aromatic N) is 2. The van der Waals surface area contributed by atoms with Crippen molar-refractivity contribution in [2.45, 2.75) is 6.54 Å². The molecule has 0 aliphatic carbocycles. The number of thiol groups is 1. The van der Waals surface area contributed by atoms with Crippen molar-refractivity contribution in [3.63, 3.8) is 0 Å². The lowest BCUT2D eigenvalue weighted by atomic mass is 10.5. The zero-order valence-corrected chi connectivity index (χ0v) is 8.77. The Labute approximate surface area is 86.7 Å². The maximum Gasteiger partial charge on any atom is 0.230 e. The van der Waals surface area contributed by atoms with Gasteiger partial charge in [-0.1, -0.05) is 11.6 Å². The third-order valence-electron chi connectivity index (χ3n) is 1.61. The molecule has 0 radical (unpaired) electrons. The summed E-state index contributed by atoms with van der Waals surface area (Å²) in [6.45, 7) is 0.378. The number of hydrogen-bond donors (Lipinski definition) is 2. The van der Waals surface area contributed by atoms with Crippen LogP contribution in [-0.2, 0) is 18.4 Å². The van der Waals surface area contributed by atoms with Crippen molar-refractivity contribution in [2.75, 3.05) is 5.75 Å². The first-order valence-electron chi connectivity index (χ1n) is 3.68. The number of hydrogen-bond acceptors (Lipinski definition) is 3. The first-order chi connectivity index (χ1) is 6.15. The molecule has 1 aromatic heterocycles. The van der Waals surface area contributed by atoms with Crippen LogP contribution in [0.3, 0.4) is 0 Å². The second-order valence-corrected chi connectivity index (χ2v) is 3.19. The Hall–Kier alpha value is -0.680. The lowest BCUT2D eigenvalue weighted by Crippen LogP contribution is -2.25. The van der Waals surface area contributed by atoms with E-state index in [1.165, 1.54) is 0 Å². The van der Waals surface area contributed by atoms with Gasteiger partial charge in [0.1, 0.15) is 11.0 Å². The van der Waals surface area contributed by atoms with Gasteiger partial charge in [-0.05, 0) is 0 Å². The minimum atomic E-state index is -0.123. The topological polar surface area (TPSA) is 46.9 Å². The molecule has 1 aromatic rings. The quantitative estimate of drug-likeness (QED) is 0.733. The normalized spacial score (nSPS) is 10.1. The molecule has 4 nitrogen and oxygen atoms in total. The molecule has 0 aliphatic heterocycles. The molecule has 0 unspecified atom stereocenters. The van der Waals surface area contributed by atoms with Gasteiger partial charge in [-0.3, -0.25) is 4.79 Å². The van der Waals surface area contributed by atoms with Crippen LogP contribution in [0, 0.1) is 0 Å². The van der Waals surface area contributed by atoms with Gasteiger partial charge in [0.15, 0.2) is 0 Å². The third kappa shape index (κ3) is 2.63.